The van der Waals surface area contributed by atoms with Crippen molar-refractivity contribution in [3.8, 4) is 11.8 Å². The van der Waals surface area contributed by atoms with Gasteiger partial charge in [0, 0.05) is 29.3 Å². The summed E-state index contributed by atoms with van der Waals surface area (Å²) >= 11 is 1.74. The standard InChI is InChI=1S/C31H56N2O3S/c1-23(2)32-27(34)21-30(4,5)22-31(6,7)33-28(35)20-26(29(33)36)37-25-18-13-11-9-8-10-12-16-24(3)17-14-15-19-25/h20,23-25,35-36H,8-19,21-22H2,1-7H3,(H,32,34). The molecule has 1 amide bonds. The van der Waals surface area contributed by atoms with Gasteiger partial charge in [-0.25, -0.2) is 0 Å². The lowest BCUT2D eigenvalue weighted by Gasteiger charge is -2.36. The van der Waals surface area contributed by atoms with Crippen LogP contribution in [0.2, 0.25) is 0 Å². The number of carbonyl (C=O) groups is 1. The minimum Gasteiger partial charge on any atom is -0.494 e. The van der Waals surface area contributed by atoms with Crippen molar-refractivity contribution in [1.29, 1.82) is 0 Å². The lowest BCUT2D eigenvalue weighted by atomic mass is 9.77. The third-order valence-electron chi connectivity index (χ3n) is 7.77. The maximum absolute atomic E-state index is 12.4. The average molecular weight is 537 g/mol. The molecule has 0 saturated heterocycles. The lowest BCUT2D eigenvalue weighted by molar-refractivity contribution is -0.123. The van der Waals surface area contributed by atoms with Crippen molar-refractivity contribution in [1.82, 2.24) is 9.88 Å². The predicted molar refractivity (Wildman–Crippen MR) is 158 cm³/mol. The molecule has 1 heterocycles. The first-order chi connectivity index (χ1) is 17.3. The van der Waals surface area contributed by atoms with E-state index >= 15 is 0 Å². The Kier molecular flexibility index (Phi) is 12.7. The molecular formula is C31H56N2O3S. The van der Waals surface area contributed by atoms with E-state index in [0.29, 0.717) is 18.1 Å². The number of hydrogen-bond acceptors (Lipinski definition) is 4. The van der Waals surface area contributed by atoms with Crippen LogP contribution in [-0.2, 0) is 10.3 Å². The molecule has 1 fully saturated rings. The second-order valence-corrected chi connectivity index (χ2v) is 14.7. The van der Waals surface area contributed by atoms with Crippen molar-refractivity contribution in [2.45, 2.75) is 160 Å². The first kappa shape index (κ1) is 31.9. The Morgan fingerprint density at radius 3 is 2.08 bits per heavy atom. The van der Waals surface area contributed by atoms with Crippen LogP contribution in [0.15, 0.2) is 11.0 Å². The fourth-order valence-electron chi connectivity index (χ4n) is 6.29. The molecule has 214 valence electrons. The van der Waals surface area contributed by atoms with Gasteiger partial charge in [-0.05, 0) is 58.3 Å². The zero-order valence-corrected chi connectivity index (χ0v) is 25.7. The van der Waals surface area contributed by atoms with Crippen molar-refractivity contribution >= 4 is 17.7 Å². The van der Waals surface area contributed by atoms with Crippen molar-refractivity contribution in [3.05, 3.63) is 6.07 Å². The van der Waals surface area contributed by atoms with Crippen molar-refractivity contribution < 1.29 is 15.0 Å². The number of aromatic nitrogens is 1. The molecule has 0 aromatic carbocycles. The molecule has 2 atom stereocenters. The Morgan fingerprint density at radius 1 is 0.973 bits per heavy atom. The van der Waals surface area contributed by atoms with E-state index < -0.39 is 5.54 Å². The summed E-state index contributed by atoms with van der Waals surface area (Å²) in [5, 5.41) is 25.7. The molecule has 6 heteroatoms. The molecule has 0 bridgehead atoms. The third kappa shape index (κ3) is 11.1. The van der Waals surface area contributed by atoms with E-state index in [9.17, 15) is 15.0 Å². The molecule has 37 heavy (non-hydrogen) atoms. The summed E-state index contributed by atoms with van der Waals surface area (Å²) in [7, 11) is 0. The van der Waals surface area contributed by atoms with Crippen molar-refractivity contribution in [3.63, 3.8) is 0 Å². The zero-order valence-electron chi connectivity index (χ0n) is 24.9. The molecule has 0 aliphatic heterocycles. The molecule has 1 aromatic heterocycles. The Balaban J connectivity index is 2.10. The molecule has 5 nitrogen and oxygen atoms in total. The fourth-order valence-corrected chi connectivity index (χ4v) is 7.59. The Labute approximate surface area is 231 Å². The van der Waals surface area contributed by atoms with Gasteiger partial charge < -0.3 is 15.5 Å². The van der Waals surface area contributed by atoms with E-state index in [4.69, 9.17) is 0 Å². The van der Waals surface area contributed by atoms with E-state index in [-0.39, 0.29) is 29.1 Å². The van der Waals surface area contributed by atoms with Gasteiger partial charge in [-0.15, -0.1) is 11.8 Å². The highest BCUT2D eigenvalue weighted by atomic mass is 32.2. The van der Waals surface area contributed by atoms with Crippen LogP contribution in [0.1, 0.15) is 138 Å². The van der Waals surface area contributed by atoms with Crippen LogP contribution < -0.4 is 5.32 Å². The van der Waals surface area contributed by atoms with Gasteiger partial charge >= 0.3 is 0 Å². The van der Waals surface area contributed by atoms with Crippen LogP contribution in [0.25, 0.3) is 0 Å². The van der Waals surface area contributed by atoms with E-state index in [1.807, 2.05) is 27.7 Å². The van der Waals surface area contributed by atoms with Gasteiger partial charge in [0.1, 0.15) is 0 Å². The number of nitrogens with zero attached hydrogens (tertiary/aromatic N) is 1. The largest absolute Gasteiger partial charge is 0.494 e. The quantitative estimate of drug-likeness (QED) is 0.310. The summed E-state index contributed by atoms with van der Waals surface area (Å²) in [6, 6.07) is 1.86. The molecule has 1 aromatic rings. The number of nitrogens with one attached hydrogen (secondary N) is 1. The molecule has 1 aliphatic rings. The van der Waals surface area contributed by atoms with Gasteiger partial charge in [0.15, 0.2) is 5.88 Å². The second kappa shape index (κ2) is 14.7. The van der Waals surface area contributed by atoms with Gasteiger partial charge in [-0.1, -0.05) is 85.0 Å². The number of hydrogen-bond donors (Lipinski definition) is 3. The van der Waals surface area contributed by atoms with Crippen LogP contribution in [0.5, 0.6) is 11.8 Å². The van der Waals surface area contributed by atoms with Gasteiger partial charge in [-0.2, -0.15) is 0 Å². The molecule has 0 spiro atoms. The minimum atomic E-state index is -0.548. The monoisotopic (exact) mass is 536 g/mol. The van der Waals surface area contributed by atoms with Gasteiger partial charge in [0.25, 0.3) is 0 Å². The minimum absolute atomic E-state index is 0.0382. The normalized spacial score (nSPS) is 21.5. The summed E-state index contributed by atoms with van der Waals surface area (Å²) in [5.74, 6) is 1.12. The van der Waals surface area contributed by atoms with Crippen LogP contribution in [0, 0.1) is 11.3 Å². The Bertz CT molecular complexity index is 831. The highest BCUT2D eigenvalue weighted by molar-refractivity contribution is 8.00. The predicted octanol–water partition coefficient (Wildman–Crippen LogP) is 8.76. The van der Waals surface area contributed by atoms with Crippen LogP contribution >= 0.6 is 11.8 Å². The molecule has 3 N–H and O–H groups in total. The number of thioether (sulfide) groups is 1. The first-order valence-corrected chi connectivity index (χ1v) is 15.8. The summed E-state index contributed by atoms with van der Waals surface area (Å²) in [5.41, 5.74) is -0.838. The molecule has 2 unspecified atom stereocenters. The Hall–Kier alpha value is -1.30. The van der Waals surface area contributed by atoms with E-state index in [1.165, 1.54) is 64.2 Å². The van der Waals surface area contributed by atoms with E-state index in [1.54, 1.807) is 22.4 Å². The smallest absolute Gasteiger partial charge is 0.220 e. The van der Waals surface area contributed by atoms with Gasteiger partial charge in [0.05, 0.1) is 4.90 Å². The van der Waals surface area contributed by atoms with E-state index in [0.717, 1.165) is 23.7 Å². The van der Waals surface area contributed by atoms with Crippen LogP contribution in [0.3, 0.4) is 0 Å². The highest BCUT2D eigenvalue weighted by Crippen LogP contribution is 2.46. The molecule has 0 radical (unpaired) electrons. The third-order valence-corrected chi connectivity index (χ3v) is 9.13. The topological polar surface area (TPSA) is 74.5 Å². The van der Waals surface area contributed by atoms with Gasteiger partial charge in [0.2, 0.25) is 11.8 Å². The molecule has 1 aliphatic carbocycles. The average Bonchev–Trinajstić information content (AvgIpc) is 3.03. The maximum Gasteiger partial charge on any atom is 0.220 e. The van der Waals surface area contributed by atoms with Crippen molar-refractivity contribution in [2.75, 3.05) is 0 Å². The summed E-state index contributed by atoms with van der Waals surface area (Å²) in [6.45, 7) is 14.6. The lowest BCUT2D eigenvalue weighted by Crippen LogP contribution is -2.37. The van der Waals surface area contributed by atoms with Gasteiger partial charge in [-0.3, -0.25) is 9.36 Å². The number of amides is 1. The number of carbonyl (C=O) groups excluding carboxylic acids is 1. The summed E-state index contributed by atoms with van der Waals surface area (Å²) in [4.78, 5) is 13.2. The number of aromatic hydroxyl groups is 2. The summed E-state index contributed by atoms with van der Waals surface area (Å²) in [6.07, 6.45) is 16.5. The zero-order chi connectivity index (χ0) is 27.6. The van der Waals surface area contributed by atoms with Crippen LogP contribution in [-0.4, -0.2) is 32.0 Å². The fraction of sp³-hybridized carbons (Fsp3) is 0.839. The maximum atomic E-state index is 12.4. The summed E-state index contributed by atoms with van der Waals surface area (Å²) < 4.78 is 1.67. The molecule has 1 saturated carbocycles. The first-order valence-electron chi connectivity index (χ1n) is 14.9. The van der Waals surface area contributed by atoms with E-state index in [2.05, 4.69) is 26.1 Å². The molecule has 2 rings (SSSR count). The molecular weight excluding hydrogens is 480 g/mol. The van der Waals surface area contributed by atoms with Crippen LogP contribution in [0.4, 0.5) is 0 Å². The SMILES string of the molecule is CC1CCCCCCCCC(Sc2cc(O)n(C(C)(C)CC(C)(C)CC(=O)NC(C)C)c2O)CCCC1. The second-order valence-electron chi connectivity index (χ2n) is 13.4. The Morgan fingerprint density at radius 2 is 1.49 bits per heavy atom. The van der Waals surface area contributed by atoms with Crippen molar-refractivity contribution in [2.24, 2.45) is 11.3 Å². The highest BCUT2D eigenvalue weighted by Gasteiger charge is 2.36. The number of rotatable bonds is 8.